The number of para-hydroxylation sites is 1. The van der Waals surface area contributed by atoms with Gasteiger partial charge >= 0.3 is 6.03 Å². The number of furan rings is 1. The molecule has 124 valence electrons. The lowest BCUT2D eigenvalue weighted by Crippen LogP contribution is -2.41. The smallest absolute Gasteiger partial charge is 0.319 e. The molecule has 1 saturated heterocycles. The number of urea groups is 1. The average molecular weight is 318 g/mol. The first-order valence-corrected chi connectivity index (χ1v) is 7.94. The van der Waals surface area contributed by atoms with Crippen LogP contribution < -0.4 is 10.6 Å². The van der Waals surface area contributed by atoms with E-state index in [1.807, 2.05) is 25.1 Å². The van der Waals surface area contributed by atoms with Crippen molar-refractivity contribution in [2.75, 3.05) is 31.7 Å². The number of hydrogen-bond acceptors (Lipinski definition) is 4. The zero-order chi connectivity index (χ0) is 16.2. The first-order chi connectivity index (χ1) is 11.2. The van der Waals surface area contributed by atoms with E-state index in [4.69, 9.17) is 13.9 Å². The van der Waals surface area contributed by atoms with Crippen molar-refractivity contribution in [2.45, 2.75) is 26.4 Å². The van der Waals surface area contributed by atoms with E-state index in [9.17, 15) is 4.79 Å². The predicted octanol–water partition coefficient (Wildman–Crippen LogP) is 2.84. The Balaban J connectivity index is 1.67. The third-order valence-corrected chi connectivity index (χ3v) is 4.01. The van der Waals surface area contributed by atoms with Crippen LogP contribution >= 0.6 is 0 Å². The lowest BCUT2D eigenvalue weighted by atomic mass is 10.1. The van der Waals surface area contributed by atoms with Gasteiger partial charge in [0.15, 0.2) is 5.58 Å². The highest BCUT2D eigenvalue weighted by molar-refractivity contribution is 6.00. The lowest BCUT2D eigenvalue weighted by molar-refractivity contribution is -0.0852. The van der Waals surface area contributed by atoms with Crippen LogP contribution in [0.5, 0.6) is 0 Å². The molecule has 1 fully saturated rings. The maximum absolute atomic E-state index is 12.1. The number of hydrogen-bond donors (Lipinski definition) is 2. The molecular formula is C17H22N2O4. The van der Waals surface area contributed by atoms with Crippen LogP contribution in [0.25, 0.3) is 11.0 Å². The molecule has 1 aliphatic heterocycles. The molecule has 6 nitrogen and oxygen atoms in total. The first kappa shape index (κ1) is 15.8. The van der Waals surface area contributed by atoms with E-state index >= 15 is 0 Å². The van der Waals surface area contributed by atoms with Crippen LogP contribution in [0, 0.1) is 6.92 Å². The lowest BCUT2D eigenvalue weighted by Gasteiger charge is -2.23. The number of carbonyl (C=O) groups excluding carboxylic acids is 1. The van der Waals surface area contributed by atoms with Crippen LogP contribution in [-0.4, -0.2) is 38.5 Å². The third kappa shape index (κ3) is 3.48. The average Bonchev–Trinajstić information content (AvgIpc) is 2.91. The maximum Gasteiger partial charge on any atom is 0.319 e. The molecule has 1 aromatic heterocycles. The van der Waals surface area contributed by atoms with E-state index in [0.29, 0.717) is 37.6 Å². The maximum atomic E-state index is 12.1. The molecule has 0 radical (unpaired) electrons. The van der Waals surface area contributed by atoms with Gasteiger partial charge < -0.3 is 24.5 Å². The van der Waals surface area contributed by atoms with E-state index in [1.165, 1.54) is 0 Å². The van der Waals surface area contributed by atoms with E-state index in [1.54, 1.807) is 0 Å². The summed E-state index contributed by atoms with van der Waals surface area (Å²) in [6.07, 6.45) is 0.730. The second kappa shape index (κ2) is 7.02. The minimum atomic E-state index is -0.279. The summed E-state index contributed by atoms with van der Waals surface area (Å²) in [5, 5.41) is 6.68. The van der Waals surface area contributed by atoms with Crippen molar-refractivity contribution >= 4 is 22.7 Å². The van der Waals surface area contributed by atoms with Crippen LogP contribution in [-0.2, 0) is 15.9 Å². The van der Waals surface area contributed by atoms with Gasteiger partial charge in [-0.3, -0.25) is 0 Å². The molecule has 6 heteroatoms. The molecule has 2 N–H and O–H groups in total. The Hall–Kier alpha value is -2.05. The molecule has 1 atom stereocenters. The highest BCUT2D eigenvalue weighted by atomic mass is 16.6. The summed E-state index contributed by atoms with van der Waals surface area (Å²) >= 11 is 0. The molecule has 0 bridgehead atoms. The van der Waals surface area contributed by atoms with Crippen molar-refractivity contribution in [3.63, 3.8) is 0 Å². The van der Waals surface area contributed by atoms with Crippen molar-refractivity contribution in [3.05, 3.63) is 29.5 Å². The van der Waals surface area contributed by atoms with Crippen LogP contribution in [0.1, 0.15) is 18.2 Å². The van der Waals surface area contributed by atoms with E-state index < -0.39 is 0 Å². The summed E-state index contributed by atoms with van der Waals surface area (Å²) in [6, 6.07) is 5.48. The molecule has 0 saturated carbocycles. The fourth-order valence-corrected chi connectivity index (χ4v) is 2.76. The van der Waals surface area contributed by atoms with Gasteiger partial charge in [-0.05, 0) is 18.6 Å². The number of carbonyl (C=O) groups is 1. The molecule has 3 rings (SSSR count). The highest BCUT2D eigenvalue weighted by Crippen LogP contribution is 2.31. The normalized spacial score (nSPS) is 18.1. The summed E-state index contributed by atoms with van der Waals surface area (Å²) in [6.45, 7) is 6.19. The van der Waals surface area contributed by atoms with Crippen molar-refractivity contribution in [2.24, 2.45) is 0 Å². The first-order valence-electron chi connectivity index (χ1n) is 7.94. The summed E-state index contributed by atoms with van der Waals surface area (Å²) in [4.78, 5) is 12.1. The van der Waals surface area contributed by atoms with Gasteiger partial charge in [0.2, 0.25) is 0 Å². The zero-order valence-corrected chi connectivity index (χ0v) is 13.5. The summed E-state index contributed by atoms with van der Waals surface area (Å²) in [5.74, 6) is 0.947. The summed E-state index contributed by atoms with van der Waals surface area (Å²) in [7, 11) is 0. The van der Waals surface area contributed by atoms with Gasteiger partial charge in [-0.1, -0.05) is 19.1 Å². The van der Waals surface area contributed by atoms with Crippen LogP contribution in [0.2, 0.25) is 0 Å². The monoisotopic (exact) mass is 318 g/mol. The standard InChI is InChI=1S/C17H22N2O4/c1-3-15-11(2)13-5-4-6-14(16(13)23-15)19-17(20)18-9-12-10-21-7-8-22-12/h4-6,12H,3,7-10H2,1-2H3,(H2,18,19,20). The molecule has 2 heterocycles. The Morgan fingerprint density at radius 1 is 1.35 bits per heavy atom. The van der Waals surface area contributed by atoms with Crippen LogP contribution in [0.15, 0.2) is 22.6 Å². The quantitative estimate of drug-likeness (QED) is 0.909. The Morgan fingerprint density at radius 3 is 2.96 bits per heavy atom. The second-order valence-corrected chi connectivity index (χ2v) is 5.59. The Labute approximate surface area is 135 Å². The minimum absolute atomic E-state index is 0.0946. The molecule has 1 unspecified atom stereocenters. The van der Waals surface area contributed by atoms with Crippen molar-refractivity contribution in [3.8, 4) is 0 Å². The Morgan fingerprint density at radius 2 is 2.22 bits per heavy atom. The number of rotatable bonds is 4. The summed E-state index contributed by atoms with van der Waals surface area (Å²) < 4.78 is 16.7. The van der Waals surface area contributed by atoms with Crippen LogP contribution in [0.3, 0.4) is 0 Å². The largest absolute Gasteiger partial charge is 0.459 e. The highest BCUT2D eigenvalue weighted by Gasteiger charge is 2.17. The van der Waals surface area contributed by atoms with Gasteiger partial charge in [0.05, 0.1) is 31.6 Å². The number of nitrogens with one attached hydrogen (secondary N) is 2. The number of anilines is 1. The molecule has 23 heavy (non-hydrogen) atoms. The number of aryl methyl sites for hydroxylation is 2. The fraction of sp³-hybridized carbons (Fsp3) is 0.471. The van der Waals surface area contributed by atoms with Crippen molar-refractivity contribution < 1.29 is 18.7 Å². The second-order valence-electron chi connectivity index (χ2n) is 5.59. The molecule has 1 aliphatic rings. The Kier molecular flexibility index (Phi) is 4.83. The summed E-state index contributed by atoms with van der Waals surface area (Å²) in [5.41, 5.74) is 2.51. The van der Waals surface area contributed by atoms with Gasteiger partial charge in [0, 0.05) is 18.4 Å². The predicted molar refractivity (Wildman–Crippen MR) is 87.9 cm³/mol. The van der Waals surface area contributed by atoms with Crippen LogP contribution in [0.4, 0.5) is 10.5 Å². The zero-order valence-electron chi connectivity index (χ0n) is 13.5. The molecule has 0 aliphatic carbocycles. The molecule has 1 aromatic carbocycles. The molecule has 0 spiro atoms. The fourth-order valence-electron chi connectivity index (χ4n) is 2.76. The van der Waals surface area contributed by atoms with Gasteiger partial charge in [-0.15, -0.1) is 0 Å². The Bertz CT molecular complexity index is 689. The number of fused-ring (bicyclic) bond motifs is 1. The van der Waals surface area contributed by atoms with E-state index in [0.717, 1.165) is 23.1 Å². The minimum Gasteiger partial charge on any atom is -0.459 e. The third-order valence-electron chi connectivity index (χ3n) is 4.01. The van der Waals surface area contributed by atoms with Gasteiger partial charge in [-0.2, -0.15) is 0 Å². The van der Waals surface area contributed by atoms with Crippen molar-refractivity contribution in [1.82, 2.24) is 5.32 Å². The van der Waals surface area contributed by atoms with Gasteiger partial charge in [-0.25, -0.2) is 4.79 Å². The topological polar surface area (TPSA) is 72.7 Å². The van der Waals surface area contributed by atoms with E-state index in [2.05, 4.69) is 17.6 Å². The molecular weight excluding hydrogens is 296 g/mol. The van der Waals surface area contributed by atoms with Crippen molar-refractivity contribution in [1.29, 1.82) is 0 Å². The molecule has 2 amide bonds. The molecule has 2 aromatic rings. The SMILES string of the molecule is CCc1oc2c(NC(=O)NCC3COCCO3)cccc2c1C. The van der Waals surface area contributed by atoms with Gasteiger partial charge in [0.25, 0.3) is 0 Å². The number of amides is 2. The number of ether oxygens (including phenoxy) is 2. The number of benzene rings is 1. The van der Waals surface area contributed by atoms with Gasteiger partial charge in [0.1, 0.15) is 5.76 Å². The van der Waals surface area contributed by atoms with E-state index in [-0.39, 0.29) is 12.1 Å².